The topological polar surface area (TPSA) is 85.4 Å². The van der Waals surface area contributed by atoms with Crippen LogP contribution in [-0.4, -0.2) is 57.2 Å². The molecule has 7 nitrogen and oxygen atoms in total. The fourth-order valence-corrected chi connectivity index (χ4v) is 4.23. The normalized spacial score (nSPS) is 27.2. The number of nitrogens with zero attached hydrogens (tertiary/aromatic N) is 4. The van der Waals surface area contributed by atoms with Gasteiger partial charge in [0.2, 0.25) is 0 Å². The van der Waals surface area contributed by atoms with Crippen molar-refractivity contribution < 1.29 is 9.90 Å². The van der Waals surface area contributed by atoms with Crippen LogP contribution in [0.25, 0.3) is 11.0 Å². The Morgan fingerprint density at radius 3 is 3.00 bits per heavy atom. The fourth-order valence-electron chi connectivity index (χ4n) is 4.23. The van der Waals surface area contributed by atoms with E-state index in [2.05, 4.69) is 26.9 Å². The summed E-state index contributed by atoms with van der Waals surface area (Å²) in [6, 6.07) is 2.41. The lowest BCUT2D eigenvalue weighted by molar-refractivity contribution is 0.153. The van der Waals surface area contributed by atoms with Gasteiger partial charge < -0.3 is 19.9 Å². The molecule has 122 valence electrons. The second-order valence-corrected chi connectivity index (χ2v) is 6.72. The maximum absolute atomic E-state index is 11.2. The van der Waals surface area contributed by atoms with Crippen LogP contribution < -0.4 is 4.90 Å². The van der Waals surface area contributed by atoms with Crippen molar-refractivity contribution in [3.8, 4) is 0 Å². The molecule has 3 heterocycles. The van der Waals surface area contributed by atoms with Crippen LogP contribution in [0.1, 0.15) is 19.3 Å². The van der Waals surface area contributed by atoms with E-state index in [1.807, 2.05) is 12.3 Å². The number of aromatic amines is 1. The molecule has 0 spiro atoms. The zero-order valence-corrected chi connectivity index (χ0v) is 13.1. The first kappa shape index (κ1) is 14.3. The molecule has 2 aromatic heterocycles. The highest BCUT2D eigenvalue weighted by molar-refractivity contribution is 5.87. The van der Waals surface area contributed by atoms with E-state index in [1.54, 1.807) is 11.2 Å². The summed E-state index contributed by atoms with van der Waals surface area (Å²) in [5.74, 6) is 1.94. The van der Waals surface area contributed by atoms with Crippen molar-refractivity contribution in [2.45, 2.75) is 25.3 Å². The maximum Gasteiger partial charge on any atom is 0.407 e. The van der Waals surface area contributed by atoms with Gasteiger partial charge in [-0.25, -0.2) is 14.8 Å². The smallest absolute Gasteiger partial charge is 0.407 e. The van der Waals surface area contributed by atoms with E-state index < -0.39 is 6.09 Å². The molecule has 2 aromatic rings. The van der Waals surface area contributed by atoms with E-state index in [-0.39, 0.29) is 0 Å². The summed E-state index contributed by atoms with van der Waals surface area (Å²) in [5.41, 5.74) is 0.855. The first-order chi connectivity index (χ1) is 11.1. The molecular weight excluding hydrogens is 294 g/mol. The van der Waals surface area contributed by atoms with E-state index in [1.165, 1.54) is 0 Å². The number of hydrogen-bond acceptors (Lipinski definition) is 4. The Morgan fingerprint density at radius 2 is 2.17 bits per heavy atom. The molecule has 4 rings (SSSR count). The van der Waals surface area contributed by atoms with Gasteiger partial charge in [-0.05, 0) is 37.2 Å². The Morgan fingerprint density at radius 1 is 1.35 bits per heavy atom. The molecule has 23 heavy (non-hydrogen) atoms. The van der Waals surface area contributed by atoms with Gasteiger partial charge >= 0.3 is 6.09 Å². The number of nitrogens with one attached hydrogen (secondary N) is 1. The molecule has 1 aliphatic carbocycles. The van der Waals surface area contributed by atoms with Crippen LogP contribution >= 0.6 is 0 Å². The molecule has 0 aromatic carbocycles. The van der Waals surface area contributed by atoms with Gasteiger partial charge in [-0.3, -0.25) is 0 Å². The lowest BCUT2D eigenvalue weighted by Gasteiger charge is -2.37. The van der Waals surface area contributed by atoms with E-state index in [0.29, 0.717) is 31.0 Å². The Balaban J connectivity index is 1.53. The molecule has 3 unspecified atom stereocenters. The predicted molar refractivity (Wildman–Crippen MR) is 86.5 cm³/mol. The Labute approximate surface area is 134 Å². The van der Waals surface area contributed by atoms with E-state index in [9.17, 15) is 9.90 Å². The Bertz CT molecular complexity index is 730. The van der Waals surface area contributed by atoms with Crippen molar-refractivity contribution in [2.75, 3.05) is 25.0 Å². The van der Waals surface area contributed by atoms with E-state index >= 15 is 0 Å². The van der Waals surface area contributed by atoms with Crippen molar-refractivity contribution >= 4 is 22.9 Å². The molecule has 2 N–H and O–H groups in total. The minimum absolute atomic E-state index is 0.401. The molecule has 2 fully saturated rings. The molecule has 1 saturated carbocycles. The molecule has 0 radical (unpaired) electrons. The van der Waals surface area contributed by atoms with E-state index in [0.717, 1.165) is 36.1 Å². The average molecular weight is 315 g/mol. The number of carbonyl (C=O) groups is 1. The maximum atomic E-state index is 11.2. The van der Waals surface area contributed by atoms with Gasteiger partial charge in [0.1, 0.15) is 17.8 Å². The minimum atomic E-state index is -0.783. The van der Waals surface area contributed by atoms with Gasteiger partial charge in [-0.2, -0.15) is 0 Å². The highest BCUT2D eigenvalue weighted by Crippen LogP contribution is 2.39. The number of H-pyrrole nitrogens is 1. The highest BCUT2D eigenvalue weighted by atomic mass is 16.4. The third-order valence-corrected chi connectivity index (χ3v) is 5.51. The summed E-state index contributed by atoms with van der Waals surface area (Å²) >= 11 is 0. The molecule has 7 heteroatoms. The molecule has 2 aliphatic rings. The minimum Gasteiger partial charge on any atom is -0.465 e. The first-order valence-corrected chi connectivity index (χ1v) is 8.12. The zero-order valence-electron chi connectivity index (χ0n) is 13.1. The van der Waals surface area contributed by atoms with Crippen LogP contribution in [0.5, 0.6) is 0 Å². The van der Waals surface area contributed by atoms with Crippen LogP contribution in [-0.2, 0) is 0 Å². The molecule has 3 atom stereocenters. The van der Waals surface area contributed by atoms with Crippen LogP contribution in [0.2, 0.25) is 0 Å². The summed E-state index contributed by atoms with van der Waals surface area (Å²) in [5, 5.41) is 10.2. The summed E-state index contributed by atoms with van der Waals surface area (Å²) in [6.07, 6.45) is 5.90. The molecule has 1 aliphatic heterocycles. The van der Waals surface area contributed by atoms with Crippen molar-refractivity contribution in [2.24, 2.45) is 11.8 Å². The van der Waals surface area contributed by atoms with Crippen molar-refractivity contribution in [3.05, 3.63) is 18.6 Å². The Kier molecular flexibility index (Phi) is 3.36. The number of rotatable bonds is 2. The lowest BCUT2D eigenvalue weighted by Crippen LogP contribution is -2.39. The molecule has 1 saturated heterocycles. The van der Waals surface area contributed by atoms with Crippen LogP contribution in [0.4, 0.5) is 10.6 Å². The second kappa shape index (κ2) is 5.40. The number of aromatic nitrogens is 3. The summed E-state index contributed by atoms with van der Waals surface area (Å²) < 4.78 is 0. The van der Waals surface area contributed by atoms with E-state index in [4.69, 9.17) is 0 Å². The zero-order chi connectivity index (χ0) is 16.0. The van der Waals surface area contributed by atoms with Crippen LogP contribution in [0.3, 0.4) is 0 Å². The standard InChI is InChI=1S/C16H21N5O2/c1-20(15-13-4-5-17-14(13)18-9-19-15)12-3-2-10-7-21(16(22)23)8-11(10)6-12/h4-5,9-12H,2-3,6-8H2,1H3,(H,22,23)(H,17,18,19). The van der Waals surface area contributed by atoms with Crippen LogP contribution in [0.15, 0.2) is 18.6 Å². The van der Waals surface area contributed by atoms with Gasteiger partial charge in [-0.15, -0.1) is 0 Å². The van der Waals surface area contributed by atoms with Gasteiger partial charge in [0.25, 0.3) is 0 Å². The predicted octanol–water partition coefficient (Wildman–Crippen LogP) is 2.17. The number of carboxylic acid groups (broad SMARTS) is 1. The van der Waals surface area contributed by atoms with Gasteiger partial charge in [-0.1, -0.05) is 0 Å². The molecule has 1 amide bonds. The molecular formula is C16H21N5O2. The number of fused-ring (bicyclic) bond motifs is 2. The monoisotopic (exact) mass is 315 g/mol. The number of amides is 1. The molecule has 0 bridgehead atoms. The Hall–Kier alpha value is -2.31. The fraction of sp³-hybridized carbons (Fsp3) is 0.562. The van der Waals surface area contributed by atoms with Crippen molar-refractivity contribution in [3.63, 3.8) is 0 Å². The largest absolute Gasteiger partial charge is 0.465 e. The van der Waals surface area contributed by atoms with Gasteiger partial charge in [0.15, 0.2) is 0 Å². The van der Waals surface area contributed by atoms with Gasteiger partial charge in [0.05, 0.1) is 5.39 Å². The number of likely N-dealkylation sites (tertiary alicyclic amines) is 1. The quantitative estimate of drug-likeness (QED) is 0.887. The lowest BCUT2D eigenvalue weighted by atomic mass is 9.78. The van der Waals surface area contributed by atoms with Crippen LogP contribution in [0, 0.1) is 11.8 Å². The highest BCUT2D eigenvalue weighted by Gasteiger charge is 2.40. The number of hydrogen-bond donors (Lipinski definition) is 2. The summed E-state index contributed by atoms with van der Waals surface area (Å²) in [6.45, 7) is 1.37. The SMILES string of the molecule is CN(c1ncnc2[nH]ccc12)C1CCC2CN(C(=O)O)CC2C1. The third kappa shape index (κ3) is 2.40. The second-order valence-electron chi connectivity index (χ2n) is 6.72. The summed E-state index contributed by atoms with van der Waals surface area (Å²) in [7, 11) is 2.09. The average Bonchev–Trinajstić information content (AvgIpc) is 3.19. The third-order valence-electron chi connectivity index (χ3n) is 5.51. The van der Waals surface area contributed by atoms with Crippen molar-refractivity contribution in [1.82, 2.24) is 19.9 Å². The first-order valence-electron chi connectivity index (χ1n) is 8.12. The number of anilines is 1. The van der Waals surface area contributed by atoms with Gasteiger partial charge in [0, 0.05) is 32.4 Å². The van der Waals surface area contributed by atoms with Crippen molar-refractivity contribution in [1.29, 1.82) is 0 Å². The summed E-state index contributed by atoms with van der Waals surface area (Å²) in [4.78, 5) is 26.9.